The molecule has 4 fully saturated rings. The molecule has 25 nitrogen and oxygen atoms in total. The molecule has 6 aromatic rings. The van der Waals surface area contributed by atoms with E-state index in [-0.39, 0.29) is 237 Å². The summed E-state index contributed by atoms with van der Waals surface area (Å²) in [6.07, 6.45) is 1.30. The maximum absolute atomic E-state index is 13.4. The number of aromatic nitrogens is 10. The van der Waals surface area contributed by atoms with Crippen molar-refractivity contribution in [2.45, 2.75) is 140 Å². The van der Waals surface area contributed by atoms with E-state index in [4.69, 9.17) is 31.1 Å². The smallest absolute Gasteiger partial charge is 1.00 e. The first-order valence-electron chi connectivity index (χ1n) is 27.2. The molecule has 6 aromatic heterocycles. The number of ether oxygens (including phenoxy) is 2. The number of aryl methyl sites for hydroxylation is 2. The van der Waals surface area contributed by atoms with Gasteiger partial charge in [-0.15, -0.1) is 22.6 Å². The summed E-state index contributed by atoms with van der Waals surface area (Å²) in [6.45, 7) is 17.9. The fourth-order valence-electron chi connectivity index (χ4n) is 9.65. The third kappa shape index (κ3) is 21.7. The molecule has 10 rings (SSSR count). The predicted octanol–water partition coefficient (Wildman–Crippen LogP) is 1.52. The average molecular weight is 1470 g/mol. The van der Waals surface area contributed by atoms with E-state index in [2.05, 4.69) is 73.0 Å². The van der Waals surface area contributed by atoms with Crippen molar-refractivity contribution >= 4 is 95.2 Å². The van der Waals surface area contributed by atoms with Crippen molar-refractivity contribution in [1.29, 1.82) is 0 Å². The molecule has 2 saturated carbocycles. The van der Waals surface area contributed by atoms with E-state index in [0.29, 0.717) is 25.2 Å². The molecular weight excluding hydrogens is 1400 g/mol. The molecule has 0 aromatic carbocycles. The summed E-state index contributed by atoms with van der Waals surface area (Å²) in [5, 5.41) is 27.7. The van der Waals surface area contributed by atoms with Crippen LogP contribution in [0.5, 0.6) is 11.8 Å². The number of hydrogen-bond donors (Lipinski definition) is 3. The normalized spacial score (nSPS) is 17.8. The van der Waals surface area contributed by atoms with Gasteiger partial charge in [-0.25, -0.2) is 45.6 Å². The molecule has 2 atom stereocenters. The SMILES string of the molecule is CCn1cc(S(=O)(=O)NC(=O)c2ccc(-n3ccc(OCC4(C(F)(F)F)CC4)n3)nc2Cl)cn1.CCn1cc(S(=O)(=O)NC(=O)c2ccc(-n3ccc(OCC4(C(F)(F)F)CC4)n3)nc2N2C[C@@H](C)CC2(C)C)cn1.C[C@@H]1CNC(C)(C)C1.Cl.O=CO[O-].S.S.[H-].[K+].[K+]. The Labute approximate surface area is 640 Å². The molecule has 39 heteroatoms. The van der Waals surface area contributed by atoms with Crippen molar-refractivity contribution in [3.05, 3.63) is 89.9 Å². The van der Waals surface area contributed by atoms with Gasteiger partial charge in [0.05, 0.1) is 23.5 Å². The van der Waals surface area contributed by atoms with Gasteiger partial charge in [-0.05, 0) is 123 Å². The third-order valence-corrected chi connectivity index (χ3v) is 17.6. The Bertz CT molecular complexity index is 3680. The summed E-state index contributed by atoms with van der Waals surface area (Å²) in [4.78, 5) is 47.4. The minimum absolute atomic E-state index is 0. The Balaban J connectivity index is 0.000000753. The molecule has 2 aliphatic heterocycles. The Morgan fingerprint density at radius 1 is 0.728 bits per heavy atom. The van der Waals surface area contributed by atoms with E-state index in [0.717, 1.165) is 18.5 Å². The number of halogens is 8. The van der Waals surface area contributed by atoms with E-state index in [1.54, 1.807) is 13.8 Å². The minimum atomic E-state index is -4.34. The topological polar surface area (TPSA) is 307 Å². The zero-order chi connectivity index (χ0) is 64.1. The second-order valence-corrected chi connectivity index (χ2v) is 26.5. The van der Waals surface area contributed by atoms with Gasteiger partial charge in [0.1, 0.15) is 44.8 Å². The van der Waals surface area contributed by atoms with E-state index >= 15 is 0 Å². The van der Waals surface area contributed by atoms with Gasteiger partial charge in [-0.2, -0.15) is 63.5 Å². The molecule has 0 radical (unpaired) electrons. The number of nitrogens with one attached hydrogen (secondary N) is 3. The van der Waals surface area contributed by atoms with Crippen LogP contribution in [-0.2, 0) is 42.8 Å². The number of amides is 2. The van der Waals surface area contributed by atoms with Crippen molar-refractivity contribution < 1.29 is 181 Å². The number of anilines is 1. The number of nitrogens with zero attached hydrogens (tertiary/aromatic N) is 11. The molecule has 502 valence electrons. The maximum atomic E-state index is 13.4. The van der Waals surface area contributed by atoms with Crippen LogP contribution in [0.3, 0.4) is 0 Å². The van der Waals surface area contributed by atoms with Crippen molar-refractivity contribution in [3.8, 4) is 23.4 Å². The van der Waals surface area contributed by atoms with Crippen LogP contribution in [0.4, 0.5) is 32.2 Å². The van der Waals surface area contributed by atoms with Gasteiger partial charge < -0.3 is 31.3 Å². The summed E-state index contributed by atoms with van der Waals surface area (Å²) in [6, 6.07) is 8.35. The van der Waals surface area contributed by atoms with Gasteiger partial charge in [0.15, 0.2) is 11.6 Å². The van der Waals surface area contributed by atoms with Crippen LogP contribution in [-0.4, -0.2) is 134 Å². The van der Waals surface area contributed by atoms with E-state index in [1.807, 2.05) is 23.5 Å². The number of hydrogen-bond acceptors (Lipinski definition) is 19. The van der Waals surface area contributed by atoms with Crippen LogP contribution in [0.25, 0.3) is 11.6 Å². The largest absolute Gasteiger partial charge is 1.00 e. The number of rotatable bonds is 18. The Hall–Kier alpha value is -3.10. The maximum Gasteiger partial charge on any atom is 1.00 e. The van der Waals surface area contributed by atoms with Crippen LogP contribution < -0.4 is 137 Å². The second kappa shape index (κ2) is 34.4. The van der Waals surface area contributed by atoms with Crippen molar-refractivity contribution in [2.24, 2.45) is 22.7 Å². The molecular formula is C53H72Cl2F6K2N14O11S4. The number of carbonyl (C=O) groups is 3. The minimum Gasteiger partial charge on any atom is -1.00 e. The van der Waals surface area contributed by atoms with E-state index < -0.39 is 73.8 Å². The molecule has 0 unspecified atom stereocenters. The summed E-state index contributed by atoms with van der Waals surface area (Å²) < 4.78 is 150. The molecule has 2 aliphatic carbocycles. The van der Waals surface area contributed by atoms with Crippen LogP contribution >= 0.6 is 51.0 Å². The van der Waals surface area contributed by atoms with Crippen molar-refractivity contribution in [3.63, 3.8) is 0 Å². The fraction of sp³-hybridized carbons (Fsp3) is 0.528. The quantitative estimate of drug-likeness (QED) is 0.0274. The summed E-state index contributed by atoms with van der Waals surface area (Å²) in [5.41, 5.74) is -3.80. The summed E-state index contributed by atoms with van der Waals surface area (Å²) in [7, 11) is -8.38. The van der Waals surface area contributed by atoms with Gasteiger partial charge in [0, 0.05) is 67.6 Å². The molecule has 92 heavy (non-hydrogen) atoms. The Kier molecular flexibility index (Phi) is 31.8. The number of sulfonamides is 2. The van der Waals surface area contributed by atoms with Crippen LogP contribution in [0.1, 0.15) is 116 Å². The first-order chi connectivity index (χ1) is 40.6. The van der Waals surface area contributed by atoms with E-state index in [1.165, 1.54) is 99.1 Å². The number of carbonyl (C=O) groups excluding carboxylic acids is 3. The van der Waals surface area contributed by atoms with Crippen LogP contribution in [0.15, 0.2) is 83.4 Å². The monoisotopic (exact) mass is 1470 g/mol. The molecule has 2 saturated heterocycles. The number of pyridine rings is 2. The second-order valence-electron chi connectivity index (χ2n) is 22.8. The van der Waals surface area contributed by atoms with Gasteiger partial charge in [-0.3, -0.25) is 23.7 Å². The van der Waals surface area contributed by atoms with Gasteiger partial charge in [-0.1, -0.05) is 25.4 Å². The molecule has 2 amide bonds. The molecule has 0 bridgehead atoms. The fourth-order valence-corrected chi connectivity index (χ4v) is 11.7. The van der Waals surface area contributed by atoms with Gasteiger partial charge in [0.2, 0.25) is 11.8 Å². The first kappa shape index (κ1) is 85.0. The van der Waals surface area contributed by atoms with Crippen LogP contribution in [0.2, 0.25) is 5.15 Å². The Morgan fingerprint density at radius 2 is 1.15 bits per heavy atom. The standard InChI is InChI=1S/C26H32F3N7O4S.C19H18ClF3N6O4S.C7H15N.CH2O3.ClH.2K.2H2S.H/c1-5-34-15-18(13-30-34)41(38,39)33-23(37)19-6-7-20(31-22(19)35-14-17(2)12-24(35,3)4)36-11-8-21(32-36)40-16-25(9-10-25)26(27,28)29;1-2-28-10-12(9-24-28)34(31,32)27-17(30)13-3-4-14(25-16(13)20)29-8-5-15(26-29)33-11-18(6-7-18)19(21,22)23;1-6-4-7(2,3)8-5-6;2-1-4-3;;;;;;/h6-8,11,13,15,17H,5,9-10,12,14,16H2,1-4H3,(H,33,37);3-5,8-10H,2,6-7,11H2,1H3,(H,27,30);6,8H,4-5H2,1-3H3;1,3H;1H;;;2*1H2;/q;;;;;2*+1;;;-1/p-1/t17-;;6-;;;;;;;/m0.0......./s1. The van der Waals surface area contributed by atoms with E-state index in [9.17, 15) is 52.8 Å². The summed E-state index contributed by atoms with van der Waals surface area (Å²) in [5.74, 6) is -0.0294. The van der Waals surface area contributed by atoms with Crippen molar-refractivity contribution in [2.75, 3.05) is 31.2 Å². The third-order valence-electron chi connectivity index (χ3n) is 14.8. The molecule has 4 aliphatic rings. The van der Waals surface area contributed by atoms with Gasteiger partial charge >= 0.3 is 115 Å². The van der Waals surface area contributed by atoms with Gasteiger partial charge in [0.25, 0.3) is 38.3 Å². The zero-order valence-corrected chi connectivity index (χ0v) is 63.4. The summed E-state index contributed by atoms with van der Waals surface area (Å²) >= 11 is 6.08. The molecule has 8 heterocycles. The number of alkyl halides is 6. The van der Waals surface area contributed by atoms with Crippen molar-refractivity contribution in [1.82, 2.24) is 63.9 Å². The Morgan fingerprint density at radius 3 is 1.48 bits per heavy atom. The zero-order valence-electron chi connectivity index (χ0n) is 52.9. The predicted molar refractivity (Wildman–Crippen MR) is 327 cm³/mol. The molecule has 0 spiro atoms. The molecule has 3 N–H and O–H groups in total. The average Bonchev–Trinajstić information content (AvgIpc) is 1.68. The van der Waals surface area contributed by atoms with Crippen LogP contribution in [0, 0.1) is 22.7 Å². The first-order valence-corrected chi connectivity index (χ1v) is 30.6.